The van der Waals surface area contributed by atoms with E-state index in [0.717, 1.165) is 37.5 Å². The van der Waals surface area contributed by atoms with Crippen LogP contribution in [0.25, 0.3) is 0 Å². The largest absolute Gasteiger partial charge is 0.481 e. The number of hydrogen-bond acceptors (Lipinski definition) is 7. The summed E-state index contributed by atoms with van der Waals surface area (Å²) < 4.78 is 15.0. The predicted octanol–water partition coefficient (Wildman–Crippen LogP) is 5.55. The fraction of sp³-hybridized carbons (Fsp3) is 0.871. The summed E-state index contributed by atoms with van der Waals surface area (Å²) in [5, 5.41) is 9.19. The highest BCUT2D eigenvalue weighted by molar-refractivity contribution is 5.80. The molecule has 0 spiro atoms. The molecule has 4 fully saturated rings. The van der Waals surface area contributed by atoms with Crippen LogP contribution in [0.15, 0.2) is 0 Å². The fourth-order valence-corrected chi connectivity index (χ4v) is 9.57. The average molecular weight is 549 g/mol. The smallest absolute Gasteiger partial charge is 0.344 e. The van der Waals surface area contributed by atoms with Gasteiger partial charge in [-0.15, -0.1) is 0 Å². The van der Waals surface area contributed by atoms with E-state index in [0.29, 0.717) is 29.1 Å². The number of ether oxygens (including phenoxy) is 3. The minimum absolute atomic E-state index is 0.0462. The maximum absolute atomic E-state index is 12.5. The maximum atomic E-state index is 12.5. The van der Waals surface area contributed by atoms with Crippen LogP contribution in [0.1, 0.15) is 104 Å². The second kappa shape index (κ2) is 12.2. The molecule has 220 valence electrons. The summed E-state index contributed by atoms with van der Waals surface area (Å²) in [6.07, 6.45) is 11.1. The minimum Gasteiger partial charge on any atom is -0.481 e. The fourth-order valence-electron chi connectivity index (χ4n) is 9.57. The molecular formula is C31H48O8. The zero-order valence-electron chi connectivity index (χ0n) is 24.2. The van der Waals surface area contributed by atoms with E-state index >= 15 is 0 Å². The molecule has 0 amide bonds. The Morgan fingerprint density at radius 3 is 2.26 bits per heavy atom. The van der Waals surface area contributed by atoms with Gasteiger partial charge in [0.05, 0.1) is 20.0 Å². The van der Waals surface area contributed by atoms with E-state index in [-0.39, 0.29) is 36.8 Å². The van der Waals surface area contributed by atoms with Crippen LogP contribution in [0.4, 0.5) is 0 Å². The molecule has 1 N–H and O–H groups in total. The molecular weight excluding hydrogens is 500 g/mol. The molecule has 0 aromatic heterocycles. The first kappa shape index (κ1) is 29.9. The number of carboxylic acid groups (broad SMARTS) is 1. The van der Waals surface area contributed by atoms with Gasteiger partial charge in [0.25, 0.3) is 0 Å². The normalized spacial score (nSPS) is 37.9. The molecule has 0 bridgehead atoms. The first-order chi connectivity index (χ1) is 18.5. The first-order valence-corrected chi connectivity index (χ1v) is 15.1. The first-order valence-electron chi connectivity index (χ1n) is 15.1. The molecule has 0 aromatic rings. The van der Waals surface area contributed by atoms with Crippen molar-refractivity contribution >= 4 is 23.9 Å². The van der Waals surface area contributed by atoms with E-state index in [4.69, 9.17) is 9.47 Å². The summed E-state index contributed by atoms with van der Waals surface area (Å²) in [7, 11) is 1.22. The highest BCUT2D eigenvalue weighted by atomic mass is 16.6. The van der Waals surface area contributed by atoms with Gasteiger partial charge in [0, 0.05) is 6.42 Å². The monoisotopic (exact) mass is 548 g/mol. The van der Waals surface area contributed by atoms with Crippen molar-refractivity contribution in [3.8, 4) is 0 Å². The molecule has 8 heteroatoms. The third-order valence-corrected chi connectivity index (χ3v) is 11.6. The summed E-state index contributed by atoms with van der Waals surface area (Å²) in [6.45, 7) is 6.84. The Morgan fingerprint density at radius 1 is 0.846 bits per heavy atom. The van der Waals surface area contributed by atoms with E-state index in [2.05, 4.69) is 25.5 Å². The van der Waals surface area contributed by atoms with Crippen molar-refractivity contribution < 1.29 is 38.5 Å². The van der Waals surface area contributed by atoms with Gasteiger partial charge < -0.3 is 19.3 Å². The SMILES string of the molecule is COC(=O)COC(=O)CCC(=O)OC1CCC2(C)C(CCC3C2CCC2(C)C(C(C)CCC(=O)O)CCC32)C1. The second-order valence-electron chi connectivity index (χ2n) is 13.4. The van der Waals surface area contributed by atoms with Crippen molar-refractivity contribution in [2.24, 2.45) is 46.3 Å². The molecule has 0 radical (unpaired) electrons. The molecule has 4 aliphatic carbocycles. The number of esters is 3. The van der Waals surface area contributed by atoms with Gasteiger partial charge >= 0.3 is 23.9 Å². The minimum atomic E-state index is -0.684. The molecule has 0 heterocycles. The van der Waals surface area contributed by atoms with Crippen molar-refractivity contribution in [3.05, 3.63) is 0 Å². The van der Waals surface area contributed by atoms with Crippen molar-refractivity contribution in [1.82, 2.24) is 0 Å². The number of carboxylic acids is 1. The van der Waals surface area contributed by atoms with Crippen molar-refractivity contribution in [2.75, 3.05) is 13.7 Å². The molecule has 8 nitrogen and oxygen atoms in total. The lowest BCUT2D eigenvalue weighted by molar-refractivity contribution is -0.165. The zero-order chi connectivity index (χ0) is 28.4. The Kier molecular flexibility index (Phi) is 9.32. The van der Waals surface area contributed by atoms with Crippen molar-refractivity contribution in [1.29, 1.82) is 0 Å². The highest BCUT2D eigenvalue weighted by Crippen LogP contribution is 2.68. The Hall–Kier alpha value is -2.12. The van der Waals surface area contributed by atoms with Gasteiger partial charge in [-0.2, -0.15) is 0 Å². The highest BCUT2D eigenvalue weighted by Gasteiger charge is 2.60. The van der Waals surface area contributed by atoms with Crippen LogP contribution >= 0.6 is 0 Å². The van der Waals surface area contributed by atoms with Crippen LogP contribution in [0.2, 0.25) is 0 Å². The lowest BCUT2D eigenvalue weighted by Gasteiger charge is -2.61. The number of carbonyl (C=O) groups is 4. The van der Waals surface area contributed by atoms with Crippen LogP contribution in [0.3, 0.4) is 0 Å². The summed E-state index contributed by atoms with van der Waals surface area (Å²) in [4.78, 5) is 46.5. The summed E-state index contributed by atoms with van der Waals surface area (Å²) in [5.74, 6) is 1.52. The number of hydrogen-bond donors (Lipinski definition) is 1. The van der Waals surface area contributed by atoms with Gasteiger partial charge in [-0.3, -0.25) is 14.4 Å². The lowest BCUT2D eigenvalue weighted by Crippen LogP contribution is -2.54. The molecule has 9 unspecified atom stereocenters. The molecule has 4 saturated carbocycles. The van der Waals surface area contributed by atoms with Gasteiger partial charge in [-0.25, -0.2) is 4.79 Å². The molecule has 0 aromatic carbocycles. The van der Waals surface area contributed by atoms with Gasteiger partial charge in [-0.1, -0.05) is 20.8 Å². The van der Waals surface area contributed by atoms with Crippen LogP contribution in [0.5, 0.6) is 0 Å². The van der Waals surface area contributed by atoms with Crippen LogP contribution in [-0.4, -0.2) is 48.8 Å². The van der Waals surface area contributed by atoms with E-state index in [9.17, 15) is 24.3 Å². The molecule has 4 rings (SSSR count). The average Bonchev–Trinajstić information content (AvgIpc) is 3.26. The topological polar surface area (TPSA) is 116 Å². The predicted molar refractivity (Wildman–Crippen MR) is 143 cm³/mol. The zero-order valence-corrected chi connectivity index (χ0v) is 24.2. The molecule has 4 aliphatic rings. The van der Waals surface area contributed by atoms with E-state index in [1.807, 2.05) is 0 Å². The summed E-state index contributed by atoms with van der Waals surface area (Å²) >= 11 is 0. The van der Waals surface area contributed by atoms with Crippen LogP contribution in [0, 0.1) is 46.3 Å². The second-order valence-corrected chi connectivity index (χ2v) is 13.4. The molecule has 0 aliphatic heterocycles. The van der Waals surface area contributed by atoms with Crippen molar-refractivity contribution in [2.45, 2.75) is 110 Å². The van der Waals surface area contributed by atoms with Gasteiger partial charge in [0.1, 0.15) is 6.10 Å². The van der Waals surface area contributed by atoms with E-state index in [1.165, 1.54) is 45.6 Å². The van der Waals surface area contributed by atoms with Crippen LogP contribution in [-0.2, 0) is 33.4 Å². The Morgan fingerprint density at radius 2 is 1.54 bits per heavy atom. The Labute approximate surface area is 232 Å². The summed E-state index contributed by atoms with van der Waals surface area (Å²) in [5.41, 5.74) is 0.602. The van der Waals surface area contributed by atoms with Gasteiger partial charge in [0.2, 0.25) is 0 Å². The maximum Gasteiger partial charge on any atom is 0.344 e. The standard InChI is InChI=1S/C31H48O8/c1-19(5-10-26(32)33)23-8-9-24-22-7-6-20-17-21(13-15-30(20,2)25(22)14-16-31(23,24)3)39-28(35)12-11-27(34)38-18-29(36)37-4/h19-25H,5-18H2,1-4H3,(H,32,33). The number of fused-ring (bicyclic) bond motifs is 5. The van der Waals surface area contributed by atoms with Crippen molar-refractivity contribution in [3.63, 3.8) is 0 Å². The molecule has 9 atom stereocenters. The Bertz CT molecular complexity index is 932. The number of rotatable bonds is 10. The number of aliphatic carboxylic acids is 1. The Balaban J connectivity index is 1.29. The lowest BCUT2D eigenvalue weighted by atomic mass is 9.44. The van der Waals surface area contributed by atoms with Crippen LogP contribution < -0.4 is 0 Å². The number of methoxy groups -OCH3 is 1. The summed E-state index contributed by atoms with van der Waals surface area (Å²) in [6, 6.07) is 0. The molecule has 0 saturated heterocycles. The van der Waals surface area contributed by atoms with E-state index in [1.54, 1.807) is 0 Å². The quantitative estimate of drug-likeness (QED) is 0.279. The number of carbonyl (C=O) groups excluding carboxylic acids is 3. The van der Waals surface area contributed by atoms with Gasteiger partial charge in [-0.05, 0) is 111 Å². The third-order valence-electron chi connectivity index (χ3n) is 11.6. The van der Waals surface area contributed by atoms with E-state index < -0.39 is 24.5 Å². The molecule has 39 heavy (non-hydrogen) atoms. The van der Waals surface area contributed by atoms with Gasteiger partial charge in [0.15, 0.2) is 6.61 Å². The third kappa shape index (κ3) is 6.30.